The van der Waals surface area contributed by atoms with Crippen molar-refractivity contribution in [2.75, 3.05) is 20.2 Å². The van der Waals surface area contributed by atoms with Crippen molar-refractivity contribution in [3.05, 3.63) is 11.9 Å². The van der Waals surface area contributed by atoms with Crippen molar-refractivity contribution in [2.45, 2.75) is 46.1 Å². The molecule has 1 aliphatic heterocycles. The molecule has 0 bridgehead atoms. The summed E-state index contributed by atoms with van der Waals surface area (Å²) >= 11 is 0. The van der Waals surface area contributed by atoms with Crippen molar-refractivity contribution in [1.29, 1.82) is 0 Å². The summed E-state index contributed by atoms with van der Waals surface area (Å²) in [5.74, 6) is 0.762. The molecule has 0 aromatic carbocycles. The lowest BCUT2D eigenvalue weighted by molar-refractivity contribution is 0.0784. The fourth-order valence-corrected chi connectivity index (χ4v) is 3.10. The van der Waals surface area contributed by atoms with Crippen LogP contribution in [0, 0.1) is 5.41 Å². The van der Waals surface area contributed by atoms with Crippen LogP contribution in [0.25, 0.3) is 0 Å². The lowest BCUT2D eigenvalue weighted by Crippen LogP contribution is -2.35. The second-order valence-electron chi connectivity index (χ2n) is 5.89. The minimum atomic E-state index is -0.297. The first-order valence-corrected chi connectivity index (χ1v) is 7.42. The van der Waals surface area contributed by atoms with Crippen LogP contribution < -0.4 is 10.1 Å². The van der Waals surface area contributed by atoms with E-state index >= 15 is 0 Å². The van der Waals surface area contributed by atoms with Crippen LogP contribution in [0.1, 0.15) is 56.6 Å². The summed E-state index contributed by atoms with van der Waals surface area (Å²) in [5, 5.41) is 7.66. The fraction of sp³-hybridized carbons (Fsp3) is 0.733. The van der Waals surface area contributed by atoms with Crippen LogP contribution in [-0.2, 0) is 0 Å². The maximum absolute atomic E-state index is 13.1. The molecule has 1 saturated heterocycles. The molecule has 1 N–H and O–H groups in total. The Morgan fingerprint density at radius 3 is 2.85 bits per heavy atom. The molecular weight excluding hydrogens is 254 g/mol. The molecule has 5 heteroatoms. The minimum Gasteiger partial charge on any atom is -0.493 e. The number of hydrogen-bond acceptors (Lipinski definition) is 4. The van der Waals surface area contributed by atoms with Crippen molar-refractivity contribution >= 4 is 5.78 Å². The van der Waals surface area contributed by atoms with Crippen LogP contribution in [0.4, 0.5) is 0 Å². The predicted molar refractivity (Wildman–Crippen MR) is 78.3 cm³/mol. The van der Waals surface area contributed by atoms with Gasteiger partial charge in [0.05, 0.1) is 13.3 Å². The molecule has 1 aliphatic rings. The van der Waals surface area contributed by atoms with Crippen LogP contribution in [-0.4, -0.2) is 35.8 Å². The average Bonchev–Trinajstić information content (AvgIpc) is 3.04. The first-order chi connectivity index (χ1) is 9.55. The molecular formula is C15H25N3O2. The highest BCUT2D eigenvalue weighted by atomic mass is 16.5. The number of nitrogens with zero attached hydrogens (tertiary/aromatic N) is 2. The predicted octanol–water partition coefficient (Wildman–Crippen LogP) is 2.44. The van der Waals surface area contributed by atoms with Crippen molar-refractivity contribution in [3.63, 3.8) is 0 Å². The first-order valence-electron chi connectivity index (χ1n) is 7.42. The maximum atomic E-state index is 13.1. The number of nitrogens with one attached hydrogen (secondary N) is 1. The van der Waals surface area contributed by atoms with Gasteiger partial charge in [-0.05, 0) is 33.2 Å². The van der Waals surface area contributed by atoms with E-state index in [9.17, 15) is 4.79 Å². The monoisotopic (exact) mass is 279 g/mol. The number of carbonyl (C=O) groups is 1. The van der Waals surface area contributed by atoms with Gasteiger partial charge in [0.15, 0.2) is 11.5 Å². The van der Waals surface area contributed by atoms with E-state index in [1.54, 1.807) is 18.0 Å². The van der Waals surface area contributed by atoms with Crippen LogP contribution in [0.15, 0.2) is 6.20 Å². The van der Waals surface area contributed by atoms with E-state index in [0.29, 0.717) is 11.4 Å². The minimum absolute atomic E-state index is 0.144. The highest BCUT2D eigenvalue weighted by molar-refractivity contribution is 6.01. The summed E-state index contributed by atoms with van der Waals surface area (Å²) < 4.78 is 7.14. The Bertz CT molecular complexity index is 473. The average molecular weight is 279 g/mol. The third kappa shape index (κ3) is 2.46. The Hall–Kier alpha value is -1.36. The molecule has 0 amide bonds. The van der Waals surface area contributed by atoms with E-state index in [1.807, 2.05) is 13.8 Å². The quantitative estimate of drug-likeness (QED) is 0.813. The first kappa shape index (κ1) is 15.0. The number of rotatable bonds is 6. The van der Waals surface area contributed by atoms with Gasteiger partial charge >= 0.3 is 0 Å². The van der Waals surface area contributed by atoms with Crippen LogP contribution in [0.5, 0.6) is 5.75 Å². The number of aromatic nitrogens is 2. The highest BCUT2D eigenvalue weighted by Gasteiger charge is 2.43. The normalized spacial score (nSPS) is 22.4. The molecule has 0 saturated carbocycles. The number of ether oxygens (including phenoxy) is 1. The van der Waals surface area contributed by atoms with Gasteiger partial charge in [0.2, 0.25) is 0 Å². The van der Waals surface area contributed by atoms with E-state index < -0.39 is 0 Å². The van der Waals surface area contributed by atoms with Crippen LogP contribution in [0.2, 0.25) is 0 Å². The van der Waals surface area contributed by atoms with Gasteiger partial charge in [0, 0.05) is 18.0 Å². The standard InChI is InChI=1S/C15H25N3O2/c1-5-6-15(7-8-16-10-15)14(19)13-12(20-4)9-17-18(13)11(2)3/h9,11,16H,5-8,10H2,1-4H3. The molecule has 2 rings (SSSR count). The number of hydrogen-bond donors (Lipinski definition) is 1. The zero-order valence-electron chi connectivity index (χ0n) is 12.9. The molecule has 0 aliphatic carbocycles. The number of methoxy groups -OCH3 is 1. The molecule has 0 spiro atoms. The van der Waals surface area contributed by atoms with Crippen LogP contribution >= 0.6 is 0 Å². The zero-order chi connectivity index (χ0) is 14.8. The highest BCUT2D eigenvalue weighted by Crippen LogP contribution is 2.37. The van der Waals surface area contributed by atoms with Gasteiger partial charge in [-0.2, -0.15) is 5.10 Å². The number of ketones is 1. The summed E-state index contributed by atoms with van der Waals surface area (Å²) in [4.78, 5) is 13.1. The van der Waals surface area contributed by atoms with E-state index in [0.717, 1.165) is 32.4 Å². The van der Waals surface area contributed by atoms with Crippen molar-refractivity contribution in [3.8, 4) is 5.75 Å². The van der Waals surface area contributed by atoms with Gasteiger partial charge < -0.3 is 10.1 Å². The van der Waals surface area contributed by atoms with Gasteiger partial charge in [0.1, 0.15) is 5.69 Å². The summed E-state index contributed by atoms with van der Waals surface area (Å²) in [6, 6.07) is 0.144. The molecule has 112 valence electrons. The summed E-state index contributed by atoms with van der Waals surface area (Å²) in [7, 11) is 1.60. The molecule has 1 atom stereocenters. The molecule has 1 aromatic heterocycles. The molecule has 20 heavy (non-hydrogen) atoms. The second-order valence-corrected chi connectivity index (χ2v) is 5.89. The molecule has 2 heterocycles. The largest absolute Gasteiger partial charge is 0.493 e. The second kappa shape index (κ2) is 5.95. The third-order valence-electron chi connectivity index (χ3n) is 4.14. The lowest BCUT2D eigenvalue weighted by Gasteiger charge is -2.27. The Morgan fingerprint density at radius 2 is 2.35 bits per heavy atom. The molecule has 0 radical (unpaired) electrons. The van der Waals surface area contributed by atoms with Crippen molar-refractivity contribution in [1.82, 2.24) is 15.1 Å². The maximum Gasteiger partial charge on any atom is 0.192 e. The van der Waals surface area contributed by atoms with Gasteiger partial charge in [-0.15, -0.1) is 0 Å². The SMILES string of the molecule is CCCC1(C(=O)c2c(OC)cnn2C(C)C)CCNC1. The van der Waals surface area contributed by atoms with Crippen molar-refractivity contribution in [2.24, 2.45) is 5.41 Å². The van der Waals surface area contributed by atoms with E-state index in [4.69, 9.17) is 4.74 Å². The number of carbonyl (C=O) groups excluding carboxylic acids is 1. The smallest absolute Gasteiger partial charge is 0.192 e. The van der Waals surface area contributed by atoms with Gasteiger partial charge in [-0.1, -0.05) is 13.3 Å². The fourth-order valence-electron chi connectivity index (χ4n) is 3.10. The lowest BCUT2D eigenvalue weighted by atomic mass is 9.77. The summed E-state index contributed by atoms with van der Waals surface area (Å²) in [6.07, 6.45) is 4.46. The molecule has 1 fully saturated rings. The van der Waals surface area contributed by atoms with E-state index in [1.165, 1.54) is 0 Å². The zero-order valence-corrected chi connectivity index (χ0v) is 12.9. The number of Topliss-reactive ketones (excluding diaryl/α,β-unsaturated/α-hetero) is 1. The summed E-state index contributed by atoms with van der Waals surface area (Å²) in [6.45, 7) is 7.85. The Balaban J connectivity index is 2.43. The molecule has 1 unspecified atom stereocenters. The Labute approximate surface area is 120 Å². The summed E-state index contributed by atoms with van der Waals surface area (Å²) in [5.41, 5.74) is 0.328. The van der Waals surface area contributed by atoms with Crippen LogP contribution in [0.3, 0.4) is 0 Å². The Kier molecular flexibility index (Phi) is 4.48. The van der Waals surface area contributed by atoms with Gasteiger partial charge in [0.25, 0.3) is 0 Å². The molecule has 1 aromatic rings. The van der Waals surface area contributed by atoms with Crippen molar-refractivity contribution < 1.29 is 9.53 Å². The van der Waals surface area contributed by atoms with Gasteiger partial charge in [-0.25, -0.2) is 0 Å². The molecule has 5 nitrogen and oxygen atoms in total. The third-order valence-corrected chi connectivity index (χ3v) is 4.14. The Morgan fingerprint density at radius 1 is 1.60 bits per heavy atom. The van der Waals surface area contributed by atoms with Gasteiger partial charge in [-0.3, -0.25) is 9.48 Å². The van der Waals surface area contributed by atoms with E-state index in [-0.39, 0.29) is 17.2 Å². The topological polar surface area (TPSA) is 56.1 Å². The van der Waals surface area contributed by atoms with E-state index in [2.05, 4.69) is 17.3 Å².